The van der Waals surface area contributed by atoms with Crippen molar-refractivity contribution < 1.29 is 18.4 Å². The second kappa shape index (κ2) is 6.78. The zero-order valence-corrected chi connectivity index (χ0v) is 12.9. The fraction of sp³-hybridized carbons (Fsp3) is 0.222. The summed E-state index contributed by atoms with van der Waals surface area (Å²) in [5.41, 5.74) is 1.21. The molecular formula is C18H16F2N2O2. The van der Waals surface area contributed by atoms with Gasteiger partial charge >= 0.3 is 0 Å². The Kier molecular flexibility index (Phi) is 4.55. The van der Waals surface area contributed by atoms with Crippen molar-refractivity contribution in [2.24, 2.45) is 0 Å². The molecule has 1 N–H and O–H groups in total. The van der Waals surface area contributed by atoms with E-state index in [1.807, 2.05) is 0 Å². The van der Waals surface area contributed by atoms with Gasteiger partial charge in [0, 0.05) is 31.1 Å². The number of amides is 2. The highest BCUT2D eigenvalue weighted by atomic mass is 19.1. The maximum absolute atomic E-state index is 13.6. The third-order valence-corrected chi connectivity index (χ3v) is 3.94. The number of nitrogens with one attached hydrogen (secondary N) is 1. The highest BCUT2D eigenvalue weighted by molar-refractivity contribution is 6.04. The molecule has 0 aliphatic carbocycles. The topological polar surface area (TPSA) is 49.4 Å². The standard InChI is InChI=1S/C18H16F2N2O2/c19-14-7-8-16(15(20)10-14)21-18(24)13-5-3-12(4-6-13)11-22-9-1-2-17(22)23/h3-8,10H,1-2,9,11H2,(H,21,24). The molecule has 1 aliphatic rings. The first-order valence-corrected chi connectivity index (χ1v) is 7.66. The third kappa shape index (κ3) is 3.59. The summed E-state index contributed by atoms with van der Waals surface area (Å²) in [6.07, 6.45) is 1.46. The SMILES string of the molecule is O=C(Nc1ccc(F)cc1F)c1ccc(CN2CCCC2=O)cc1. The molecule has 2 aromatic carbocycles. The lowest BCUT2D eigenvalue weighted by Crippen LogP contribution is -2.23. The molecule has 1 fully saturated rings. The molecule has 0 aromatic heterocycles. The largest absolute Gasteiger partial charge is 0.338 e. The molecule has 3 rings (SSSR count). The van der Waals surface area contributed by atoms with Crippen LogP contribution in [0.1, 0.15) is 28.8 Å². The van der Waals surface area contributed by atoms with Crippen molar-refractivity contribution >= 4 is 17.5 Å². The lowest BCUT2D eigenvalue weighted by molar-refractivity contribution is -0.128. The van der Waals surface area contributed by atoms with Gasteiger partial charge in [-0.1, -0.05) is 12.1 Å². The van der Waals surface area contributed by atoms with Crippen LogP contribution < -0.4 is 5.32 Å². The van der Waals surface area contributed by atoms with E-state index in [4.69, 9.17) is 0 Å². The molecule has 124 valence electrons. The quantitative estimate of drug-likeness (QED) is 0.935. The summed E-state index contributed by atoms with van der Waals surface area (Å²) in [5, 5.41) is 2.41. The molecule has 1 aliphatic heterocycles. The Morgan fingerprint density at radius 2 is 1.88 bits per heavy atom. The number of nitrogens with zero attached hydrogens (tertiary/aromatic N) is 1. The van der Waals surface area contributed by atoms with Crippen LogP contribution in [-0.2, 0) is 11.3 Å². The molecule has 24 heavy (non-hydrogen) atoms. The van der Waals surface area contributed by atoms with Crippen molar-refractivity contribution in [2.75, 3.05) is 11.9 Å². The number of hydrogen-bond acceptors (Lipinski definition) is 2. The van der Waals surface area contributed by atoms with Gasteiger partial charge in [-0.3, -0.25) is 9.59 Å². The molecule has 2 aromatic rings. The first-order valence-electron chi connectivity index (χ1n) is 7.66. The van der Waals surface area contributed by atoms with Gasteiger partial charge < -0.3 is 10.2 Å². The number of likely N-dealkylation sites (tertiary alicyclic amines) is 1. The van der Waals surface area contributed by atoms with Crippen molar-refractivity contribution in [3.63, 3.8) is 0 Å². The highest BCUT2D eigenvalue weighted by Gasteiger charge is 2.20. The van der Waals surface area contributed by atoms with Crippen LogP contribution in [0.3, 0.4) is 0 Å². The van der Waals surface area contributed by atoms with Crippen molar-refractivity contribution in [1.29, 1.82) is 0 Å². The Bertz CT molecular complexity index is 775. The molecule has 0 unspecified atom stereocenters. The highest BCUT2D eigenvalue weighted by Crippen LogP contribution is 2.18. The fourth-order valence-corrected chi connectivity index (χ4v) is 2.64. The van der Waals surface area contributed by atoms with Crippen LogP contribution in [0.25, 0.3) is 0 Å². The summed E-state index contributed by atoms with van der Waals surface area (Å²) >= 11 is 0. The first-order chi connectivity index (χ1) is 11.5. The van der Waals surface area contributed by atoms with Crippen molar-refractivity contribution in [1.82, 2.24) is 4.90 Å². The molecule has 2 amide bonds. The van der Waals surface area contributed by atoms with E-state index in [0.29, 0.717) is 24.6 Å². The van der Waals surface area contributed by atoms with Crippen LogP contribution >= 0.6 is 0 Å². The summed E-state index contributed by atoms with van der Waals surface area (Å²) in [6.45, 7) is 1.28. The Morgan fingerprint density at radius 1 is 1.12 bits per heavy atom. The second-order valence-corrected chi connectivity index (χ2v) is 5.69. The van der Waals surface area contributed by atoms with Gasteiger partial charge in [-0.2, -0.15) is 0 Å². The average Bonchev–Trinajstić information content (AvgIpc) is 2.96. The second-order valence-electron chi connectivity index (χ2n) is 5.69. The molecular weight excluding hydrogens is 314 g/mol. The number of anilines is 1. The zero-order chi connectivity index (χ0) is 17.1. The third-order valence-electron chi connectivity index (χ3n) is 3.94. The van der Waals surface area contributed by atoms with E-state index in [-0.39, 0.29) is 11.6 Å². The first kappa shape index (κ1) is 16.1. The minimum atomic E-state index is -0.826. The molecule has 1 saturated heterocycles. The van der Waals surface area contributed by atoms with E-state index in [2.05, 4.69) is 5.32 Å². The maximum atomic E-state index is 13.6. The summed E-state index contributed by atoms with van der Waals surface area (Å²) in [6, 6.07) is 9.74. The average molecular weight is 330 g/mol. The smallest absolute Gasteiger partial charge is 0.255 e. The van der Waals surface area contributed by atoms with E-state index in [9.17, 15) is 18.4 Å². The Balaban J connectivity index is 1.66. The Morgan fingerprint density at radius 3 is 2.50 bits per heavy atom. The lowest BCUT2D eigenvalue weighted by Gasteiger charge is -2.15. The molecule has 0 radical (unpaired) electrons. The van der Waals surface area contributed by atoms with Gasteiger partial charge in [0.15, 0.2) is 0 Å². The summed E-state index contributed by atoms with van der Waals surface area (Å²) in [5.74, 6) is -1.87. The predicted molar refractivity (Wildman–Crippen MR) is 85.4 cm³/mol. The monoisotopic (exact) mass is 330 g/mol. The van der Waals surface area contributed by atoms with Crippen LogP contribution in [0.5, 0.6) is 0 Å². The summed E-state index contributed by atoms with van der Waals surface area (Å²) < 4.78 is 26.4. The molecule has 0 spiro atoms. The van der Waals surface area contributed by atoms with E-state index >= 15 is 0 Å². The fourth-order valence-electron chi connectivity index (χ4n) is 2.64. The molecule has 6 heteroatoms. The zero-order valence-electron chi connectivity index (χ0n) is 12.9. The lowest BCUT2D eigenvalue weighted by atomic mass is 10.1. The van der Waals surface area contributed by atoms with E-state index in [1.165, 1.54) is 6.07 Å². The van der Waals surface area contributed by atoms with E-state index in [0.717, 1.165) is 24.6 Å². The van der Waals surface area contributed by atoms with Crippen LogP contribution in [0, 0.1) is 11.6 Å². The van der Waals surface area contributed by atoms with Crippen molar-refractivity contribution in [3.05, 3.63) is 65.2 Å². The van der Waals surface area contributed by atoms with Gasteiger partial charge in [0.25, 0.3) is 5.91 Å². The summed E-state index contributed by atoms with van der Waals surface area (Å²) in [7, 11) is 0. The number of hydrogen-bond donors (Lipinski definition) is 1. The summed E-state index contributed by atoms with van der Waals surface area (Å²) in [4.78, 5) is 25.5. The van der Waals surface area contributed by atoms with Crippen LogP contribution in [0.15, 0.2) is 42.5 Å². The normalized spacial score (nSPS) is 14.1. The van der Waals surface area contributed by atoms with Crippen LogP contribution in [0.4, 0.5) is 14.5 Å². The van der Waals surface area contributed by atoms with Gasteiger partial charge in [0.1, 0.15) is 11.6 Å². The number of carbonyl (C=O) groups is 2. The van der Waals surface area contributed by atoms with Gasteiger partial charge in [0.05, 0.1) is 5.69 Å². The molecule has 0 bridgehead atoms. The molecule has 1 heterocycles. The van der Waals surface area contributed by atoms with Crippen LogP contribution in [0.2, 0.25) is 0 Å². The van der Waals surface area contributed by atoms with Gasteiger partial charge in [0.2, 0.25) is 5.91 Å². The van der Waals surface area contributed by atoms with Crippen molar-refractivity contribution in [3.8, 4) is 0 Å². The molecule has 0 atom stereocenters. The number of benzene rings is 2. The number of carbonyl (C=O) groups excluding carboxylic acids is 2. The van der Waals surface area contributed by atoms with Gasteiger partial charge in [-0.25, -0.2) is 8.78 Å². The maximum Gasteiger partial charge on any atom is 0.255 e. The Labute approximate surface area is 138 Å². The molecule has 4 nitrogen and oxygen atoms in total. The number of halogens is 2. The van der Waals surface area contributed by atoms with E-state index in [1.54, 1.807) is 29.2 Å². The minimum Gasteiger partial charge on any atom is -0.338 e. The molecule has 0 saturated carbocycles. The van der Waals surface area contributed by atoms with Gasteiger partial charge in [-0.05, 0) is 36.2 Å². The van der Waals surface area contributed by atoms with E-state index < -0.39 is 17.5 Å². The Hall–Kier alpha value is -2.76. The predicted octanol–water partition coefficient (Wildman–Crippen LogP) is 3.34. The van der Waals surface area contributed by atoms with Crippen molar-refractivity contribution in [2.45, 2.75) is 19.4 Å². The minimum absolute atomic E-state index is 0.0758. The number of rotatable bonds is 4. The van der Waals surface area contributed by atoms with Gasteiger partial charge in [-0.15, -0.1) is 0 Å². The van der Waals surface area contributed by atoms with Crippen LogP contribution in [-0.4, -0.2) is 23.3 Å².